The van der Waals surface area contributed by atoms with Crippen LogP contribution in [0.1, 0.15) is 34.3 Å². The van der Waals surface area contributed by atoms with Crippen LogP contribution >= 0.6 is 39.1 Å². The Morgan fingerprint density at radius 1 is 0.886 bits per heavy atom. The first kappa shape index (κ1) is 25.5. The summed E-state index contributed by atoms with van der Waals surface area (Å²) in [5.41, 5.74) is 3.34. The third kappa shape index (κ3) is 6.97. The van der Waals surface area contributed by atoms with Gasteiger partial charge in [-0.15, -0.1) is 0 Å². The van der Waals surface area contributed by atoms with Crippen molar-refractivity contribution in [2.75, 3.05) is 19.6 Å². The van der Waals surface area contributed by atoms with Gasteiger partial charge in [-0.2, -0.15) is 0 Å². The molecule has 0 bridgehead atoms. The molecule has 0 spiro atoms. The van der Waals surface area contributed by atoms with Gasteiger partial charge in [-0.05, 0) is 65.8 Å². The van der Waals surface area contributed by atoms with E-state index in [1.54, 1.807) is 24.3 Å². The predicted octanol–water partition coefficient (Wildman–Crippen LogP) is 6.86. The zero-order valence-electron chi connectivity index (χ0n) is 19.0. The number of hydrogen-bond donors (Lipinski definition) is 1. The average molecular weight is 572 g/mol. The zero-order valence-corrected chi connectivity index (χ0v) is 22.1. The monoisotopic (exact) mass is 570 g/mol. The zero-order chi connectivity index (χ0) is 24.8. The minimum atomic E-state index is -0.196. The topological polar surface area (TPSA) is 49.4 Å². The van der Waals surface area contributed by atoms with Crippen molar-refractivity contribution in [3.05, 3.63) is 110 Å². The number of carbonyl (C=O) groups excluding carboxylic acids is 2. The van der Waals surface area contributed by atoms with Crippen molar-refractivity contribution in [2.45, 2.75) is 12.8 Å². The molecule has 1 N–H and O–H groups in total. The van der Waals surface area contributed by atoms with Gasteiger partial charge in [0.05, 0.1) is 0 Å². The van der Waals surface area contributed by atoms with Gasteiger partial charge in [0.1, 0.15) is 0 Å². The molecule has 4 nitrogen and oxygen atoms in total. The summed E-state index contributed by atoms with van der Waals surface area (Å²) in [6, 6.07) is 22.7. The predicted molar refractivity (Wildman–Crippen MR) is 146 cm³/mol. The Bertz CT molecular complexity index is 1200. The Morgan fingerprint density at radius 3 is 2.11 bits per heavy atom. The molecule has 1 fully saturated rings. The smallest absolute Gasteiger partial charge is 0.251 e. The fourth-order valence-corrected chi connectivity index (χ4v) is 4.97. The number of nitrogens with zero attached hydrogens (tertiary/aromatic N) is 1. The van der Waals surface area contributed by atoms with Crippen molar-refractivity contribution >= 4 is 56.5 Å². The second-order valence-electron chi connectivity index (χ2n) is 8.57. The Labute approximate surface area is 224 Å². The van der Waals surface area contributed by atoms with Gasteiger partial charge in [-0.25, -0.2) is 0 Å². The SMILES string of the molecule is O=C(NCC1CCN(C(=O)C=C(c2ccccc2)c2ccc(Br)cc2)CC1)c1cc(Cl)cc(Cl)c1. The summed E-state index contributed by atoms with van der Waals surface area (Å²) in [4.78, 5) is 27.5. The van der Waals surface area contributed by atoms with Crippen LogP contribution < -0.4 is 5.32 Å². The maximum Gasteiger partial charge on any atom is 0.251 e. The lowest BCUT2D eigenvalue weighted by atomic mass is 9.95. The van der Waals surface area contributed by atoms with Gasteiger partial charge in [0.15, 0.2) is 0 Å². The molecule has 4 rings (SSSR count). The highest BCUT2D eigenvalue weighted by Gasteiger charge is 2.23. The molecule has 0 aliphatic carbocycles. The highest BCUT2D eigenvalue weighted by molar-refractivity contribution is 9.10. The van der Waals surface area contributed by atoms with Gasteiger partial charge in [0.2, 0.25) is 5.91 Å². The van der Waals surface area contributed by atoms with Crippen molar-refractivity contribution in [3.63, 3.8) is 0 Å². The molecule has 0 atom stereocenters. The molecule has 0 radical (unpaired) electrons. The molecule has 3 aromatic carbocycles. The van der Waals surface area contributed by atoms with E-state index < -0.39 is 0 Å². The van der Waals surface area contributed by atoms with Crippen molar-refractivity contribution in [1.82, 2.24) is 10.2 Å². The van der Waals surface area contributed by atoms with Crippen LogP contribution in [0, 0.1) is 5.92 Å². The molecule has 1 aliphatic rings. The van der Waals surface area contributed by atoms with Crippen LogP contribution in [-0.2, 0) is 4.79 Å². The molecule has 180 valence electrons. The van der Waals surface area contributed by atoms with Crippen LogP contribution in [-0.4, -0.2) is 36.3 Å². The lowest BCUT2D eigenvalue weighted by molar-refractivity contribution is -0.127. The molecular formula is C28H25BrCl2N2O2. The van der Waals surface area contributed by atoms with Gasteiger partial charge < -0.3 is 10.2 Å². The average Bonchev–Trinajstić information content (AvgIpc) is 2.86. The second kappa shape index (κ2) is 11.9. The molecule has 7 heteroatoms. The minimum absolute atomic E-state index is 0.00262. The van der Waals surface area contributed by atoms with Gasteiger partial charge in [0, 0.05) is 45.8 Å². The van der Waals surface area contributed by atoms with Crippen LogP contribution in [0.25, 0.3) is 5.57 Å². The summed E-state index contributed by atoms with van der Waals surface area (Å²) in [5.74, 6) is 0.113. The highest BCUT2D eigenvalue weighted by Crippen LogP contribution is 2.26. The fraction of sp³-hybridized carbons (Fsp3) is 0.214. The van der Waals surface area contributed by atoms with E-state index in [0.29, 0.717) is 41.2 Å². The Hall–Kier alpha value is -2.60. The number of piperidine rings is 1. The molecule has 0 aromatic heterocycles. The molecule has 1 heterocycles. The quantitative estimate of drug-likeness (QED) is 0.329. The number of amides is 2. The number of nitrogens with one attached hydrogen (secondary N) is 1. The maximum atomic E-state index is 13.2. The largest absolute Gasteiger partial charge is 0.352 e. The van der Waals surface area contributed by atoms with E-state index in [-0.39, 0.29) is 11.8 Å². The lowest BCUT2D eigenvalue weighted by Crippen LogP contribution is -2.41. The van der Waals surface area contributed by atoms with Gasteiger partial charge in [-0.3, -0.25) is 9.59 Å². The number of halogens is 3. The third-order valence-electron chi connectivity index (χ3n) is 6.11. The maximum absolute atomic E-state index is 13.2. The Kier molecular flexibility index (Phi) is 8.66. The lowest BCUT2D eigenvalue weighted by Gasteiger charge is -2.31. The van der Waals surface area contributed by atoms with E-state index in [0.717, 1.165) is 34.0 Å². The standard InChI is InChI=1S/C28H25BrCl2N2O2/c29-23-8-6-21(7-9-23)26(20-4-2-1-3-5-20)17-27(34)33-12-10-19(11-13-33)18-32-28(35)22-14-24(30)16-25(31)15-22/h1-9,14-17,19H,10-13,18H2,(H,32,35). The molecule has 3 aromatic rings. The third-order valence-corrected chi connectivity index (χ3v) is 7.08. The van der Waals surface area contributed by atoms with Crippen molar-refractivity contribution < 1.29 is 9.59 Å². The minimum Gasteiger partial charge on any atom is -0.352 e. The number of rotatable bonds is 6. The summed E-state index contributed by atoms with van der Waals surface area (Å²) >= 11 is 15.5. The van der Waals surface area contributed by atoms with Gasteiger partial charge >= 0.3 is 0 Å². The summed E-state index contributed by atoms with van der Waals surface area (Å²) in [6.45, 7) is 1.86. The van der Waals surface area contributed by atoms with Crippen LogP contribution in [0.15, 0.2) is 83.3 Å². The van der Waals surface area contributed by atoms with Crippen molar-refractivity contribution in [1.29, 1.82) is 0 Å². The fourth-order valence-electron chi connectivity index (χ4n) is 4.18. The number of likely N-dealkylation sites (tertiary alicyclic amines) is 1. The van der Waals surface area contributed by atoms with Crippen LogP contribution in [0.3, 0.4) is 0 Å². The summed E-state index contributed by atoms with van der Waals surface area (Å²) < 4.78 is 0.993. The highest BCUT2D eigenvalue weighted by atomic mass is 79.9. The van der Waals surface area contributed by atoms with Crippen molar-refractivity contribution in [2.24, 2.45) is 5.92 Å². The van der Waals surface area contributed by atoms with Crippen LogP contribution in [0.2, 0.25) is 10.0 Å². The Morgan fingerprint density at radius 2 is 1.49 bits per heavy atom. The van der Waals surface area contributed by atoms with Gasteiger partial charge in [0.25, 0.3) is 5.91 Å². The molecule has 35 heavy (non-hydrogen) atoms. The van der Waals surface area contributed by atoms with Crippen LogP contribution in [0.4, 0.5) is 0 Å². The molecule has 2 amide bonds. The van der Waals surface area contributed by atoms with E-state index in [9.17, 15) is 9.59 Å². The first-order valence-corrected chi connectivity index (χ1v) is 13.0. The molecule has 0 saturated carbocycles. The first-order valence-electron chi connectivity index (χ1n) is 11.5. The summed E-state index contributed by atoms with van der Waals surface area (Å²) in [7, 11) is 0. The van der Waals surface area contributed by atoms with Crippen LogP contribution in [0.5, 0.6) is 0 Å². The molecule has 0 unspecified atom stereocenters. The van der Waals surface area contributed by atoms with E-state index >= 15 is 0 Å². The first-order chi connectivity index (χ1) is 16.9. The van der Waals surface area contributed by atoms with E-state index in [2.05, 4.69) is 21.2 Å². The molecule has 1 aliphatic heterocycles. The number of carbonyl (C=O) groups is 2. The molecule has 1 saturated heterocycles. The summed E-state index contributed by atoms with van der Waals surface area (Å²) in [6.07, 6.45) is 3.40. The van der Waals surface area contributed by atoms with Gasteiger partial charge in [-0.1, -0.05) is 81.6 Å². The van der Waals surface area contributed by atoms with E-state index in [1.165, 1.54) is 0 Å². The normalized spacial score (nSPS) is 14.6. The number of hydrogen-bond acceptors (Lipinski definition) is 2. The van der Waals surface area contributed by atoms with Crippen molar-refractivity contribution in [3.8, 4) is 0 Å². The molecular weight excluding hydrogens is 547 g/mol. The number of benzene rings is 3. The van der Waals surface area contributed by atoms with E-state index in [1.807, 2.05) is 59.5 Å². The second-order valence-corrected chi connectivity index (χ2v) is 10.4. The van der Waals surface area contributed by atoms with E-state index in [4.69, 9.17) is 23.2 Å². The summed E-state index contributed by atoms with van der Waals surface area (Å²) in [5, 5.41) is 3.83. The Balaban J connectivity index is 1.37.